The van der Waals surface area contributed by atoms with E-state index in [2.05, 4.69) is 92.5 Å². The highest BCUT2D eigenvalue weighted by Gasteiger charge is 2.41. The van der Waals surface area contributed by atoms with Crippen molar-refractivity contribution in [3.63, 3.8) is 0 Å². The first-order valence-electron chi connectivity index (χ1n) is 16.2. The summed E-state index contributed by atoms with van der Waals surface area (Å²) in [6, 6.07) is 27.8. The molecule has 4 rings (SSSR count). The van der Waals surface area contributed by atoms with E-state index < -0.39 is 13.8 Å². The van der Waals surface area contributed by atoms with Crippen molar-refractivity contribution in [2.75, 3.05) is 53.8 Å². The third-order valence-corrected chi connectivity index (χ3v) is 11.5. The molecule has 1 heterocycles. The fourth-order valence-electron chi connectivity index (χ4n) is 6.48. The summed E-state index contributed by atoms with van der Waals surface area (Å²) in [4.78, 5) is 0. The second-order valence-corrected chi connectivity index (χ2v) is 14.5. The number of hydrogen-bond acceptors (Lipinski definition) is 7. The van der Waals surface area contributed by atoms with Gasteiger partial charge < -0.3 is 23.7 Å². The van der Waals surface area contributed by atoms with E-state index in [4.69, 9.17) is 23.7 Å². The third-order valence-electron chi connectivity index (χ3n) is 8.32. The Balaban J connectivity index is 1.71. The molecule has 0 amide bonds. The van der Waals surface area contributed by atoms with Crippen LogP contribution in [-0.4, -0.2) is 87.4 Å². The molecule has 45 heavy (non-hydrogen) atoms. The Labute approximate surface area is 272 Å². The number of rotatable bonds is 16. The Morgan fingerprint density at radius 1 is 0.800 bits per heavy atom. The van der Waals surface area contributed by atoms with Crippen LogP contribution in [0.2, 0.25) is 0 Å². The van der Waals surface area contributed by atoms with Crippen molar-refractivity contribution < 1.29 is 23.7 Å². The maximum atomic E-state index is 7.25. The average molecular weight is 637 g/mol. The minimum atomic E-state index is -0.875. The predicted molar refractivity (Wildman–Crippen MR) is 185 cm³/mol. The Kier molecular flexibility index (Phi) is 13.3. The van der Waals surface area contributed by atoms with Crippen LogP contribution in [0, 0.1) is 0 Å². The zero-order chi connectivity index (χ0) is 32.4. The summed E-state index contributed by atoms with van der Waals surface area (Å²) in [7, 11) is 4.63. The number of nitrogens with zero attached hydrogens (tertiary/aromatic N) is 2. The molecule has 246 valence electrons. The average Bonchev–Trinajstić information content (AvgIpc) is 3.05. The van der Waals surface area contributed by atoms with Gasteiger partial charge >= 0.3 is 0 Å². The van der Waals surface area contributed by atoms with E-state index in [1.54, 1.807) is 21.3 Å². The van der Waals surface area contributed by atoms with Crippen LogP contribution in [0.5, 0.6) is 11.5 Å². The van der Waals surface area contributed by atoms with E-state index in [9.17, 15) is 0 Å². The molecule has 3 aromatic carbocycles. The van der Waals surface area contributed by atoms with Crippen LogP contribution in [0.3, 0.4) is 0 Å². The van der Waals surface area contributed by atoms with Gasteiger partial charge in [-0.25, -0.2) is 0 Å². The van der Waals surface area contributed by atoms with E-state index in [0.717, 1.165) is 60.5 Å². The summed E-state index contributed by atoms with van der Waals surface area (Å²) in [5.41, 5.74) is 2.22. The highest BCUT2D eigenvalue weighted by Crippen LogP contribution is 2.49. The molecule has 1 fully saturated rings. The Hall–Kier alpha value is -2.51. The molecule has 0 saturated carbocycles. The van der Waals surface area contributed by atoms with Crippen molar-refractivity contribution in [2.45, 2.75) is 70.9 Å². The lowest BCUT2D eigenvalue weighted by molar-refractivity contribution is -0.113. The molecule has 1 unspecified atom stereocenters. The van der Waals surface area contributed by atoms with Gasteiger partial charge in [0.1, 0.15) is 17.1 Å². The van der Waals surface area contributed by atoms with Gasteiger partial charge in [0, 0.05) is 47.1 Å². The van der Waals surface area contributed by atoms with Crippen LogP contribution in [0.1, 0.15) is 57.7 Å². The first kappa shape index (κ1) is 35.3. The summed E-state index contributed by atoms with van der Waals surface area (Å²) in [6.45, 7) is 14.4. The summed E-state index contributed by atoms with van der Waals surface area (Å²) >= 11 is 0. The monoisotopic (exact) mass is 636 g/mol. The molecular formula is C37H53N2O5P. The molecule has 8 heteroatoms. The Bertz CT molecular complexity index is 1220. The predicted octanol–water partition coefficient (Wildman–Crippen LogP) is 7.57. The zero-order valence-electron chi connectivity index (χ0n) is 28.4. The van der Waals surface area contributed by atoms with Crippen LogP contribution < -0.4 is 9.47 Å². The summed E-state index contributed by atoms with van der Waals surface area (Å²) in [5, 5.41) is 0. The van der Waals surface area contributed by atoms with Gasteiger partial charge in [-0.2, -0.15) is 0 Å². The quantitative estimate of drug-likeness (QED) is 0.0914. The fourth-order valence-corrected chi connectivity index (χ4v) is 9.55. The van der Waals surface area contributed by atoms with Crippen molar-refractivity contribution in [2.24, 2.45) is 0 Å². The molecule has 3 aromatic rings. The van der Waals surface area contributed by atoms with Crippen LogP contribution >= 0.6 is 8.22 Å². The minimum absolute atomic E-state index is 0.0917. The lowest BCUT2D eigenvalue weighted by atomic mass is 9.80. The molecule has 0 aromatic heterocycles. The van der Waals surface area contributed by atoms with Gasteiger partial charge in [-0.3, -0.25) is 9.34 Å². The second-order valence-electron chi connectivity index (χ2n) is 12.3. The fraction of sp³-hybridized carbons (Fsp3) is 0.514. The highest BCUT2D eigenvalue weighted by atomic mass is 31.1. The zero-order valence-corrected chi connectivity index (χ0v) is 29.3. The van der Waals surface area contributed by atoms with Crippen molar-refractivity contribution in [3.05, 3.63) is 95.6 Å². The number of morpholine rings is 1. The molecule has 0 N–H and O–H groups in total. The number of hydrogen-bond donors (Lipinski definition) is 0. The second kappa shape index (κ2) is 16.9. The van der Waals surface area contributed by atoms with E-state index in [1.165, 1.54) is 0 Å². The van der Waals surface area contributed by atoms with Crippen molar-refractivity contribution in [3.8, 4) is 11.5 Å². The van der Waals surface area contributed by atoms with Crippen LogP contribution in [0.15, 0.2) is 78.9 Å². The Morgan fingerprint density at radius 2 is 1.33 bits per heavy atom. The number of methoxy groups -OCH3 is 3. The molecule has 1 aliphatic rings. The van der Waals surface area contributed by atoms with Gasteiger partial charge in [-0.15, -0.1) is 0 Å². The van der Waals surface area contributed by atoms with Crippen LogP contribution in [0.25, 0.3) is 0 Å². The largest absolute Gasteiger partial charge is 0.497 e. The molecule has 1 aliphatic heterocycles. The maximum absolute atomic E-state index is 7.25. The Morgan fingerprint density at radius 3 is 1.82 bits per heavy atom. The van der Waals surface area contributed by atoms with Gasteiger partial charge in [0.05, 0.1) is 33.0 Å². The van der Waals surface area contributed by atoms with Crippen molar-refractivity contribution >= 4 is 8.22 Å². The molecule has 3 atom stereocenters. The summed E-state index contributed by atoms with van der Waals surface area (Å²) in [5.74, 6) is 1.61. The van der Waals surface area contributed by atoms with E-state index >= 15 is 0 Å². The first-order valence-corrected chi connectivity index (χ1v) is 17.6. The molecule has 0 aliphatic carbocycles. The van der Waals surface area contributed by atoms with E-state index in [-0.39, 0.29) is 12.2 Å². The van der Waals surface area contributed by atoms with E-state index in [1.807, 2.05) is 30.3 Å². The number of ether oxygens (including phenoxy) is 5. The van der Waals surface area contributed by atoms with Crippen molar-refractivity contribution in [1.82, 2.24) is 9.34 Å². The minimum Gasteiger partial charge on any atom is -0.497 e. The summed E-state index contributed by atoms with van der Waals surface area (Å²) in [6.07, 6.45) is 2.14. The molecular weight excluding hydrogens is 583 g/mol. The van der Waals surface area contributed by atoms with Gasteiger partial charge in [0.2, 0.25) is 0 Å². The highest BCUT2D eigenvalue weighted by molar-refractivity contribution is 7.52. The van der Waals surface area contributed by atoms with E-state index in [0.29, 0.717) is 18.7 Å². The summed E-state index contributed by atoms with van der Waals surface area (Å²) < 4.78 is 35.8. The van der Waals surface area contributed by atoms with Gasteiger partial charge in [-0.05, 0) is 88.2 Å². The van der Waals surface area contributed by atoms with Crippen molar-refractivity contribution in [1.29, 1.82) is 0 Å². The van der Waals surface area contributed by atoms with Gasteiger partial charge in [0.25, 0.3) is 0 Å². The molecule has 7 nitrogen and oxygen atoms in total. The molecule has 0 spiro atoms. The molecule has 1 saturated heterocycles. The lowest BCUT2D eigenvalue weighted by Crippen LogP contribution is -2.50. The standard InChI is InChI=1S/C37H53N2O5P/c1-28(2)39(29(3)4)45(24-12-23-40-6)38-25-30(5)44-36(26-38)27-43-37(31-13-10-9-11-14-31,32-15-19-34(41-7)20-16-32)33-17-21-35(42-8)22-18-33/h9-11,13-22,28-30,36H,12,23-27H2,1-8H3/t30-,36-,45?/m0/s1. The molecule has 0 radical (unpaired) electrons. The normalized spacial score (nSPS) is 18.5. The van der Waals surface area contributed by atoms with Gasteiger partial charge in [0.15, 0.2) is 0 Å². The first-order chi connectivity index (χ1) is 21.7. The van der Waals surface area contributed by atoms with Crippen LogP contribution in [0.4, 0.5) is 0 Å². The lowest BCUT2D eigenvalue weighted by Gasteiger charge is -2.48. The number of benzene rings is 3. The third kappa shape index (κ3) is 8.65. The maximum Gasteiger partial charge on any atom is 0.143 e. The van der Waals surface area contributed by atoms with Gasteiger partial charge in [-0.1, -0.05) is 54.6 Å². The topological polar surface area (TPSA) is 52.6 Å². The smallest absolute Gasteiger partial charge is 0.143 e. The van der Waals surface area contributed by atoms with Crippen LogP contribution in [-0.2, 0) is 19.8 Å². The molecule has 0 bridgehead atoms. The SMILES string of the molecule is COCCCP(N1C[C@@H](COC(c2ccccc2)(c2ccc(OC)cc2)c2ccc(OC)cc2)O[C@@H](C)C1)N(C(C)C)C(C)C.